The molecule has 4 heterocycles. The van der Waals surface area contributed by atoms with E-state index in [1.165, 1.54) is 19.1 Å². The van der Waals surface area contributed by atoms with E-state index < -0.39 is 9.84 Å². The molecule has 1 amide bonds. The van der Waals surface area contributed by atoms with Crippen molar-refractivity contribution in [3.8, 4) is 0 Å². The van der Waals surface area contributed by atoms with Gasteiger partial charge in [-0.3, -0.25) is 14.8 Å². The summed E-state index contributed by atoms with van der Waals surface area (Å²) in [4.78, 5) is 26.4. The van der Waals surface area contributed by atoms with E-state index in [0.29, 0.717) is 35.6 Å². The fourth-order valence-corrected chi connectivity index (χ4v) is 5.44. The molecular formula is C25H27N5O3S. The van der Waals surface area contributed by atoms with Crippen LogP contribution in [0, 0.1) is 0 Å². The Balaban J connectivity index is 1.48. The number of carbonyl (C=O) groups excluding carboxylic acids is 1. The maximum absolute atomic E-state index is 12.8. The predicted octanol–water partition coefficient (Wildman–Crippen LogP) is 3.40. The number of pyridine rings is 2. The third-order valence-electron chi connectivity index (χ3n) is 6.29. The molecule has 0 spiro atoms. The summed E-state index contributed by atoms with van der Waals surface area (Å²) in [6, 6.07) is 12.6. The summed E-state index contributed by atoms with van der Waals surface area (Å²) in [6.45, 7) is 2.55. The van der Waals surface area contributed by atoms with Gasteiger partial charge in [0.2, 0.25) is 0 Å². The molecule has 0 atom stereocenters. The quantitative estimate of drug-likeness (QED) is 0.581. The first-order chi connectivity index (χ1) is 16.3. The van der Waals surface area contributed by atoms with E-state index in [1.807, 2.05) is 18.3 Å². The molecule has 176 valence electrons. The number of nitrogens with one attached hydrogen (secondary N) is 1. The highest BCUT2D eigenvalue weighted by Crippen LogP contribution is 2.33. The van der Waals surface area contributed by atoms with Crippen LogP contribution in [-0.4, -0.2) is 55.6 Å². The highest BCUT2D eigenvalue weighted by atomic mass is 32.2. The number of benzene rings is 1. The van der Waals surface area contributed by atoms with Crippen LogP contribution >= 0.6 is 0 Å². The SMILES string of the molecule is CN1Cc2nc(Cc3ccc(N4CCCC4)cn3)cc(Nc3ccccc3S(C)(=O)=O)c2C1=O. The van der Waals surface area contributed by atoms with Crippen LogP contribution in [0.25, 0.3) is 0 Å². The number of anilines is 3. The number of fused-ring (bicyclic) bond motifs is 1. The summed E-state index contributed by atoms with van der Waals surface area (Å²) in [5.41, 5.74) is 4.93. The van der Waals surface area contributed by atoms with E-state index in [9.17, 15) is 13.2 Å². The van der Waals surface area contributed by atoms with Crippen molar-refractivity contribution in [1.82, 2.24) is 14.9 Å². The minimum Gasteiger partial charge on any atom is -0.370 e. The van der Waals surface area contributed by atoms with Crippen molar-refractivity contribution >= 4 is 32.8 Å². The third kappa shape index (κ3) is 4.35. The van der Waals surface area contributed by atoms with Crippen LogP contribution in [0.2, 0.25) is 0 Å². The molecule has 1 N–H and O–H groups in total. The minimum absolute atomic E-state index is 0.138. The van der Waals surface area contributed by atoms with Crippen LogP contribution in [0.3, 0.4) is 0 Å². The monoisotopic (exact) mass is 477 g/mol. The molecule has 3 aromatic rings. The van der Waals surface area contributed by atoms with E-state index in [-0.39, 0.29) is 10.8 Å². The number of nitrogens with zero attached hydrogens (tertiary/aromatic N) is 4. The molecular weight excluding hydrogens is 450 g/mol. The third-order valence-corrected chi connectivity index (χ3v) is 7.45. The second-order valence-corrected chi connectivity index (χ2v) is 10.9. The molecule has 8 nitrogen and oxygen atoms in total. The number of rotatable bonds is 6. The Labute approximate surface area is 199 Å². The van der Waals surface area contributed by atoms with Crippen molar-refractivity contribution in [2.75, 3.05) is 36.6 Å². The van der Waals surface area contributed by atoms with Gasteiger partial charge in [0.15, 0.2) is 9.84 Å². The normalized spacial score (nSPS) is 15.6. The van der Waals surface area contributed by atoms with Gasteiger partial charge in [-0.05, 0) is 43.2 Å². The van der Waals surface area contributed by atoms with Crippen molar-refractivity contribution in [3.05, 3.63) is 71.3 Å². The van der Waals surface area contributed by atoms with Crippen molar-refractivity contribution in [1.29, 1.82) is 0 Å². The number of hydrogen-bond acceptors (Lipinski definition) is 7. The lowest BCUT2D eigenvalue weighted by Crippen LogP contribution is -2.18. The van der Waals surface area contributed by atoms with Gasteiger partial charge in [-0.1, -0.05) is 12.1 Å². The molecule has 2 aromatic heterocycles. The van der Waals surface area contributed by atoms with Crippen molar-refractivity contribution in [3.63, 3.8) is 0 Å². The number of para-hydroxylation sites is 1. The van der Waals surface area contributed by atoms with Crippen LogP contribution < -0.4 is 10.2 Å². The summed E-state index contributed by atoms with van der Waals surface area (Å²) in [5.74, 6) is -0.138. The topological polar surface area (TPSA) is 95.5 Å². The van der Waals surface area contributed by atoms with Crippen LogP contribution in [0.4, 0.5) is 17.1 Å². The number of hydrogen-bond donors (Lipinski definition) is 1. The van der Waals surface area contributed by atoms with Crippen molar-refractivity contribution in [2.45, 2.75) is 30.7 Å². The van der Waals surface area contributed by atoms with Gasteiger partial charge < -0.3 is 15.1 Å². The van der Waals surface area contributed by atoms with Gasteiger partial charge in [0, 0.05) is 44.2 Å². The molecule has 0 aliphatic carbocycles. The first-order valence-electron chi connectivity index (χ1n) is 11.3. The molecule has 9 heteroatoms. The highest BCUT2D eigenvalue weighted by Gasteiger charge is 2.30. The van der Waals surface area contributed by atoms with Gasteiger partial charge in [-0.15, -0.1) is 0 Å². The standard InChI is InChI=1S/C25H27N5O3S/c1-29-16-22-24(25(29)31)21(28-20-7-3-4-8-23(20)34(2,32)33)14-18(27-22)13-17-9-10-19(15-26-17)30-11-5-6-12-30/h3-4,7-10,14-15H,5-6,11-13,16H2,1-2H3,(H,27,28). The fourth-order valence-electron chi connectivity index (χ4n) is 4.59. The molecule has 0 unspecified atom stereocenters. The van der Waals surface area contributed by atoms with E-state index in [4.69, 9.17) is 4.98 Å². The number of carbonyl (C=O) groups is 1. The average Bonchev–Trinajstić information content (AvgIpc) is 3.43. The van der Waals surface area contributed by atoms with Crippen molar-refractivity contribution in [2.24, 2.45) is 0 Å². The lowest BCUT2D eigenvalue weighted by atomic mass is 10.1. The van der Waals surface area contributed by atoms with E-state index >= 15 is 0 Å². The van der Waals surface area contributed by atoms with E-state index in [0.717, 1.165) is 30.2 Å². The summed E-state index contributed by atoms with van der Waals surface area (Å²) >= 11 is 0. The van der Waals surface area contributed by atoms with Gasteiger partial charge in [-0.2, -0.15) is 0 Å². The second-order valence-electron chi connectivity index (χ2n) is 8.92. The Hall–Kier alpha value is -3.46. The predicted molar refractivity (Wildman–Crippen MR) is 131 cm³/mol. The molecule has 34 heavy (non-hydrogen) atoms. The number of sulfone groups is 1. The molecule has 1 aromatic carbocycles. The molecule has 1 saturated heterocycles. The summed E-state index contributed by atoms with van der Waals surface area (Å²) in [6.07, 6.45) is 6.02. The van der Waals surface area contributed by atoms with Gasteiger partial charge in [-0.25, -0.2) is 8.42 Å². The zero-order valence-electron chi connectivity index (χ0n) is 19.3. The van der Waals surface area contributed by atoms with Crippen LogP contribution in [0.5, 0.6) is 0 Å². The first kappa shape index (κ1) is 22.3. The van der Waals surface area contributed by atoms with Crippen LogP contribution in [0.15, 0.2) is 53.6 Å². The van der Waals surface area contributed by atoms with Crippen LogP contribution in [0.1, 0.15) is 40.3 Å². The Morgan fingerprint density at radius 3 is 2.50 bits per heavy atom. The summed E-state index contributed by atoms with van der Waals surface area (Å²) < 4.78 is 24.6. The van der Waals surface area contributed by atoms with E-state index in [2.05, 4.69) is 21.3 Å². The Morgan fingerprint density at radius 2 is 1.79 bits per heavy atom. The van der Waals surface area contributed by atoms with Gasteiger partial charge in [0.25, 0.3) is 5.91 Å². The molecule has 2 aliphatic heterocycles. The van der Waals surface area contributed by atoms with Crippen LogP contribution in [-0.2, 0) is 22.8 Å². The van der Waals surface area contributed by atoms with Gasteiger partial charge in [0.05, 0.1) is 46.0 Å². The molecule has 1 fully saturated rings. The van der Waals surface area contributed by atoms with Gasteiger partial charge >= 0.3 is 0 Å². The van der Waals surface area contributed by atoms with E-state index in [1.54, 1.807) is 36.2 Å². The fraction of sp³-hybridized carbons (Fsp3) is 0.320. The smallest absolute Gasteiger partial charge is 0.257 e. The summed E-state index contributed by atoms with van der Waals surface area (Å²) in [5, 5.41) is 3.21. The highest BCUT2D eigenvalue weighted by molar-refractivity contribution is 7.90. The molecule has 5 rings (SSSR count). The molecule has 0 saturated carbocycles. The van der Waals surface area contributed by atoms with Crippen molar-refractivity contribution < 1.29 is 13.2 Å². The number of amides is 1. The van der Waals surface area contributed by atoms with Gasteiger partial charge in [0.1, 0.15) is 0 Å². The first-order valence-corrected chi connectivity index (χ1v) is 13.2. The maximum Gasteiger partial charge on any atom is 0.257 e. The lowest BCUT2D eigenvalue weighted by Gasteiger charge is -2.17. The largest absolute Gasteiger partial charge is 0.370 e. The second kappa shape index (κ2) is 8.72. The zero-order chi connectivity index (χ0) is 23.9. The Kier molecular flexibility index (Phi) is 5.73. The summed E-state index contributed by atoms with van der Waals surface area (Å²) in [7, 11) is -1.72. The lowest BCUT2D eigenvalue weighted by molar-refractivity contribution is 0.0817. The zero-order valence-corrected chi connectivity index (χ0v) is 20.1. The maximum atomic E-state index is 12.8. The molecule has 0 bridgehead atoms. The molecule has 2 aliphatic rings. The average molecular weight is 478 g/mol. The molecule has 0 radical (unpaired) electrons. The minimum atomic E-state index is -3.45. The number of aromatic nitrogens is 2. The Morgan fingerprint density at radius 1 is 1.03 bits per heavy atom. The Bertz CT molecular complexity index is 1350.